The number of alkyl carbamates (subject to hydrolysis) is 1. The van der Waals surface area contributed by atoms with E-state index in [0.29, 0.717) is 22.7 Å². The lowest BCUT2D eigenvalue weighted by Crippen LogP contribution is -2.51. The minimum absolute atomic E-state index is 0.0845. The molecule has 10 heteroatoms. The Bertz CT molecular complexity index is 1260. The summed E-state index contributed by atoms with van der Waals surface area (Å²) in [7, 11) is 1.58. The summed E-state index contributed by atoms with van der Waals surface area (Å²) < 4.78 is 16.1. The number of nitrogens with zero attached hydrogens (tertiary/aromatic N) is 3. The lowest BCUT2D eigenvalue weighted by atomic mass is 10.1. The van der Waals surface area contributed by atoms with Crippen LogP contribution in [0.5, 0.6) is 5.75 Å². The molecule has 1 aliphatic rings. The van der Waals surface area contributed by atoms with Crippen molar-refractivity contribution < 1.29 is 23.5 Å². The van der Waals surface area contributed by atoms with Crippen LogP contribution in [0.3, 0.4) is 0 Å². The van der Waals surface area contributed by atoms with Crippen molar-refractivity contribution in [1.82, 2.24) is 5.32 Å². The fourth-order valence-electron chi connectivity index (χ4n) is 3.89. The van der Waals surface area contributed by atoms with Crippen LogP contribution in [0.4, 0.5) is 22.1 Å². The summed E-state index contributed by atoms with van der Waals surface area (Å²) in [5.74, 6) is 0.620. The van der Waals surface area contributed by atoms with Crippen LogP contribution in [0, 0.1) is 0 Å². The van der Waals surface area contributed by atoms with E-state index >= 15 is 0 Å². The number of rotatable bonds is 7. The molecule has 1 aromatic heterocycles. The van der Waals surface area contributed by atoms with Crippen molar-refractivity contribution in [2.24, 2.45) is 10.7 Å². The number of furan rings is 1. The zero-order valence-electron chi connectivity index (χ0n) is 21.3. The second kappa shape index (κ2) is 10.8. The number of para-hydroxylation sites is 1. The number of ether oxygens (including phenoxy) is 2. The summed E-state index contributed by atoms with van der Waals surface area (Å²) in [4.78, 5) is 34.0. The fourth-order valence-corrected chi connectivity index (χ4v) is 3.89. The Morgan fingerprint density at radius 1 is 1.11 bits per heavy atom. The highest BCUT2D eigenvalue weighted by Crippen LogP contribution is 2.37. The zero-order valence-corrected chi connectivity index (χ0v) is 21.3. The van der Waals surface area contributed by atoms with Crippen LogP contribution in [-0.2, 0) is 9.53 Å². The summed E-state index contributed by atoms with van der Waals surface area (Å²) in [6.45, 7) is 5.68. The largest absolute Gasteiger partial charge is 0.497 e. The van der Waals surface area contributed by atoms with Crippen molar-refractivity contribution >= 4 is 35.1 Å². The van der Waals surface area contributed by atoms with Crippen LogP contribution < -0.4 is 25.6 Å². The SMILES string of the molecule is COc1ccc(N2C(C(=O)N(CCNC(=O)OC(C)(C)C)c3ccccc3)=Nc3occc3C2N)cc1. The van der Waals surface area contributed by atoms with E-state index in [2.05, 4.69) is 10.3 Å². The quantitative estimate of drug-likeness (QED) is 0.489. The summed E-state index contributed by atoms with van der Waals surface area (Å²) in [5.41, 5.74) is 7.93. The number of carbonyl (C=O) groups excluding carboxylic acids is 2. The number of benzene rings is 2. The number of carbonyl (C=O) groups is 2. The Kier molecular flexibility index (Phi) is 7.49. The zero-order chi connectivity index (χ0) is 26.6. The van der Waals surface area contributed by atoms with Crippen LogP contribution in [0.1, 0.15) is 32.5 Å². The highest BCUT2D eigenvalue weighted by atomic mass is 16.6. The molecule has 3 N–H and O–H groups in total. The van der Waals surface area contributed by atoms with Gasteiger partial charge in [-0.2, -0.15) is 4.99 Å². The maximum Gasteiger partial charge on any atom is 0.407 e. The second-order valence-corrected chi connectivity index (χ2v) is 9.35. The van der Waals surface area contributed by atoms with Gasteiger partial charge >= 0.3 is 6.09 Å². The predicted molar refractivity (Wildman–Crippen MR) is 141 cm³/mol. The Balaban J connectivity index is 1.66. The average Bonchev–Trinajstić information content (AvgIpc) is 3.35. The van der Waals surface area contributed by atoms with E-state index in [4.69, 9.17) is 19.6 Å². The summed E-state index contributed by atoms with van der Waals surface area (Å²) in [5, 5.41) is 2.71. The molecule has 0 radical (unpaired) electrons. The van der Waals surface area contributed by atoms with E-state index in [0.717, 1.165) is 0 Å². The smallest absolute Gasteiger partial charge is 0.407 e. The Hall–Kier alpha value is -4.31. The average molecular weight is 506 g/mol. The van der Waals surface area contributed by atoms with E-state index in [1.165, 1.54) is 11.2 Å². The number of nitrogens with two attached hydrogens (primary N) is 1. The number of fused-ring (bicyclic) bond motifs is 1. The molecule has 194 valence electrons. The standard InChI is InChI=1S/C27H31N5O5/c1-27(2,3)37-26(34)29-15-16-31(18-8-6-5-7-9-18)25(33)23-30-24-21(14-17-36-24)22(28)32(23)19-10-12-20(35-4)13-11-19/h5-14,17,22H,15-16,28H2,1-4H3,(H,29,34). The molecule has 3 aromatic rings. The molecule has 0 saturated carbocycles. The monoisotopic (exact) mass is 505 g/mol. The van der Waals surface area contributed by atoms with Crippen LogP contribution in [-0.4, -0.2) is 43.6 Å². The van der Waals surface area contributed by atoms with Crippen LogP contribution in [0.25, 0.3) is 0 Å². The number of hydrogen-bond donors (Lipinski definition) is 2. The van der Waals surface area contributed by atoms with Gasteiger partial charge in [0.05, 0.1) is 18.9 Å². The van der Waals surface area contributed by atoms with Gasteiger partial charge in [0.25, 0.3) is 5.91 Å². The lowest BCUT2D eigenvalue weighted by Gasteiger charge is -2.35. The predicted octanol–water partition coefficient (Wildman–Crippen LogP) is 4.35. The summed E-state index contributed by atoms with van der Waals surface area (Å²) in [6.07, 6.45) is 0.217. The maximum absolute atomic E-state index is 14.1. The van der Waals surface area contributed by atoms with Gasteiger partial charge in [-0.1, -0.05) is 18.2 Å². The van der Waals surface area contributed by atoms with Crippen molar-refractivity contribution in [3.8, 4) is 5.75 Å². The molecule has 2 aromatic carbocycles. The van der Waals surface area contributed by atoms with Gasteiger partial charge in [-0.05, 0) is 63.2 Å². The third kappa shape index (κ3) is 5.92. The second-order valence-electron chi connectivity index (χ2n) is 9.35. The first-order chi connectivity index (χ1) is 17.7. The third-order valence-electron chi connectivity index (χ3n) is 5.57. The van der Waals surface area contributed by atoms with E-state index in [-0.39, 0.29) is 24.8 Å². The van der Waals surface area contributed by atoms with Gasteiger partial charge in [0.2, 0.25) is 11.7 Å². The molecular weight excluding hydrogens is 474 g/mol. The molecule has 0 aliphatic carbocycles. The number of amides is 2. The number of aliphatic imine (C=N–C) groups is 1. The highest BCUT2D eigenvalue weighted by Gasteiger charge is 2.36. The van der Waals surface area contributed by atoms with Crippen LogP contribution >= 0.6 is 0 Å². The molecule has 2 amide bonds. The van der Waals surface area contributed by atoms with Crippen molar-refractivity contribution in [3.05, 3.63) is 72.5 Å². The summed E-state index contributed by atoms with van der Waals surface area (Å²) in [6, 6.07) is 18.1. The molecule has 1 aliphatic heterocycles. The first-order valence-corrected chi connectivity index (χ1v) is 11.9. The van der Waals surface area contributed by atoms with Gasteiger partial charge < -0.3 is 34.7 Å². The van der Waals surface area contributed by atoms with Gasteiger partial charge in [0.1, 0.15) is 17.5 Å². The molecule has 0 fully saturated rings. The normalized spacial score (nSPS) is 14.9. The van der Waals surface area contributed by atoms with Crippen LogP contribution in [0.15, 0.2) is 76.3 Å². The number of amidine groups is 1. The first kappa shape index (κ1) is 25.8. The third-order valence-corrected chi connectivity index (χ3v) is 5.57. The number of nitrogens with one attached hydrogen (secondary N) is 1. The molecule has 0 spiro atoms. The van der Waals surface area contributed by atoms with E-state index < -0.39 is 23.8 Å². The minimum Gasteiger partial charge on any atom is -0.497 e. The van der Waals surface area contributed by atoms with Gasteiger partial charge in [0.15, 0.2) is 0 Å². The van der Waals surface area contributed by atoms with E-state index in [1.54, 1.807) is 51.0 Å². The minimum atomic E-state index is -0.712. The van der Waals surface area contributed by atoms with E-state index in [9.17, 15) is 9.59 Å². The molecule has 37 heavy (non-hydrogen) atoms. The molecule has 0 bridgehead atoms. The lowest BCUT2D eigenvalue weighted by molar-refractivity contribution is -0.112. The number of anilines is 2. The Labute approximate surface area is 215 Å². The topological polar surface area (TPSA) is 123 Å². The molecule has 2 heterocycles. The van der Waals surface area contributed by atoms with Gasteiger partial charge in [-0.3, -0.25) is 4.79 Å². The first-order valence-electron chi connectivity index (χ1n) is 11.9. The van der Waals surface area contributed by atoms with Crippen molar-refractivity contribution in [2.45, 2.75) is 32.5 Å². The number of methoxy groups -OCH3 is 1. The van der Waals surface area contributed by atoms with Gasteiger partial charge in [0, 0.05) is 24.5 Å². The number of hydrogen-bond acceptors (Lipinski definition) is 8. The molecule has 1 unspecified atom stereocenters. The van der Waals surface area contributed by atoms with E-state index in [1.807, 2.05) is 42.5 Å². The molecular formula is C27H31N5O5. The molecule has 1 atom stereocenters. The molecule has 10 nitrogen and oxygen atoms in total. The van der Waals surface area contributed by atoms with Crippen molar-refractivity contribution in [2.75, 3.05) is 30.0 Å². The molecule has 4 rings (SSSR count). The summed E-state index contributed by atoms with van der Waals surface area (Å²) >= 11 is 0. The fraction of sp³-hybridized carbons (Fsp3) is 0.296. The highest BCUT2D eigenvalue weighted by molar-refractivity contribution is 6.48. The Morgan fingerprint density at radius 3 is 2.46 bits per heavy atom. The van der Waals surface area contributed by atoms with Gasteiger partial charge in [-0.15, -0.1) is 0 Å². The van der Waals surface area contributed by atoms with Crippen molar-refractivity contribution in [1.29, 1.82) is 0 Å². The molecule has 0 saturated heterocycles. The Morgan fingerprint density at radius 2 is 1.81 bits per heavy atom. The van der Waals surface area contributed by atoms with Crippen LogP contribution in [0.2, 0.25) is 0 Å². The van der Waals surface area contributed by atoms with Crippen molar-refractivity contribution in [3.63, 3.8) is 0 Å². The maximum atomic E-state index is 14.1. The van der Waals surface area contributed by atoms with Gasteiger partial charge in [-0.25, -0.2) is 4.79 Å².